The van der Waals surface area contributed by atoms with Crippen LogP contribution in [0.2, 0.25) is 0 Å². The van der Waals surface area contributed by atoms with E-state index in [0.29, 0.717) is 6.04 Å². The van der Waals surface area contributed by atoms with Crippen LogP contribution in [0.5, 0.6) is 0 Å². The van der Waals surface area contributed by atoms with Gasteiger partial charge in [0.05, 0.1) is 0 Å². The number of rotatable bonds is 8. The number of hydrogen-bond donors (Lipinski definition) is 1. The number of benzene rings is 1. The summed E-state index contributed by atoms with van der Waals surface area (Å²) < 4.78 is 0. The fraction of sp³-hybridized carbons (Fsp3) is 0.667. The maximum Gasteiger partial charge on any atom is 0.0322 e. The summed E-state index contributed by atoms with van der Waals surface area (Å²) in [5.74, 6) is 0.962. The largest absolute Gasteiger partial charge is 0.310 e. The molecule has 0 aliphatic heterocycles. The van der Waals surface area contributed by atoms with Crippen LogP contribution in [-0.2, 0) is 6.42 Å². The van der Waals surface area contributed by atoms with Gasteiger partial charge in [-0.3, -0.25) is 0 Å². The summed E-state index contributed by atoms with van der Waals surface area (Å²) in [6, 6.07) is 9.91. The lowest BCUT2D eigenvalue weighted by molar-refractivity contribution is 0.262. The highest BCUT2D eigenvalue weighted by molar-refractivity contribution is 5.25. The summed E-state index contributed by atoms with van der Waals surface area (Å²) in [7, 11) is 0. The van der Waals surface area contributed by atoms with Gasteiger partial charge in [-0.1, -0.05) is 63.8 Å². The maximum absolute atomic E-state index is 3.66. The van der Waals surface area contributed by atoms with Crippen LogP contribution in [0.4, 0.5) is 0 Å². The van der Waals surface area contributed by atoms with E-state index in [2.05, 4.69) is 43.4 Å². The molecule has 0 saturated heterocycles. The van der Waals surface area contributed by atoms with Gasteiger partial charge < -0.3 is 5.32 Å². The zero-order chi connectivity index (χ0) is 13.5. The van der Waals surface area contributed by atoms with Crippen LogP contribution in [-0.4, -0.2) is 6.54 Å². The average molecular weight is 259 g/mol. The maximum atomic E-state index is 3.66. The summed E-state index contributed by atoms with van der Waals surface area (Å²) in [4.78, 5) is 0. The Labute approximate surface area is 118 Å². The third-order valence-corrected chi connectivity index (χ3v) is 4.45. The lowest BCUT2D eigenvalue weighted by Crippen LogP contribution is -2.25. The quantitative estimate of drug-likeness (QED) is 0.702. The molecule has 1 aromatic rings. The SMILES string of the molecule is CCCCc1ccc(C(CC2CCC2)NCC)cc1. The highest BCUT2D eigenvalue weighted by Gasteiger charge is 2.22. The van der Waals surface area contributed by atoms with Gasteiger partial charge in [-0.2, -0.15) is 0 Å². The van der Waals surface area contributed by atoms with Gasteiger partial charge >= 0.3 is 0 Å². The molecular formula is C18H29N. The van der Waals surface area contributed by atoms with Crippen molar-refractivity contribution >= 4 is 0 Å². The third-order valence-electron chi connectivity index (χ3n) is 4.45. The van der Waals surface area contributed by atoms with Gasteiger partial charge in [-0.25, -0.2) is 0 Å². The fourth-order valence-corrected chi connectivity index (χ4v) is 2.94. The first-order valence-electron chi connectivity index (χ1n) is 8.15. The lowest BCUT2D eigenvalue weighted by Gasteiger charge is -2.30. The second-order valence-corrected chi connectivity index (χ2v) is 5.99. The van der Waals surface area contributed by atoms with E-state index in [1.54, 1.807) is 0 Å². The van der Waals surface area contributed by atoms with Gasteiger partial charge in [0.1, 0.15) is 0 Å². The average Bonchev–Trinajstić information content (AvgIpc) is 2.40. The van der Waals surface area contributed by atoms with E-state index in [4.69, 9.17) is 0 Å². The van der Waals surface area contributed by atoms with Crippen LogP contribution in [0.3, 0.4) is 0 Å². The zero-order valence-corrected chi connectivity index (χ0v) is 12.6. The monoisotopic (exact) mass is 259 g/mol. The van der Waals surface area contributed by atoms with Crippen molar-refractivity contribution in [2.45, 2.75) is 64.8 Å². The number of hydrogen-bond acceptors (Lipinski definition) is 1. The van der Waals surface area contributed by atoms with Gasteiger partial charge in [0.15, 0.2) is 0 Å². The van der Waals surface area contributed by atoms with E-state index in [0.717, 1.165) is 12.5 Å². The minimum absolute atomic E-state index is 0.565. The number of unbranched alkanes of at least 4 members (excludes halogenated alkanes) is 1. The second kappa shape index (κ2) is 7.69. The molecule has 0 heterocycles. The minimum Gasteiger partial charge on any atom is -0.310 e. The molecule has 1 aliphatic rings. The molecule has 2 rings (SSSR count). The third kappa shape index (κ3) is 4.35. The van der Waals surface area contributed by atoms with E-state index >= 15 is 0 Å². The molecule has 1 fully saturated rings. The molecule has 106 valence electrons. The molecule has 19 heavy (non-hydrogen) atoms. The number of aryl methyl sites for hydroxylation is 1. The van der Waals surface area contributed by atoms with Gasteiger partial charge in [0, 0.05) is 6.04 Å². The van der Waals surface area contributed by atoms with Crippen molar-refractivity contribution in [3.05, 3.63) is 35.4 Å². The highest BCUT2D eigenvalue weighted by Crippen LogP contribution is 2.34. The van der Waals surface area contributed by atoms with Crippen molar-refractivity contribution in [1.82, 2.24) is 5.32 Å². The summed E-state index contributed by atoms with van der Waals surface area (Å²) in [6.45, 7) is 5.53. The molecule has 0 radical (unpaired) electrons. The Hall–Kier alpha value is -0.820. The first-order chi connectivity index (χ1) is 9.33. The molecule has 1 aromatic carbocycles. The van der Waals surface area contributed by atoms with Crippen LogP contribution in [0.15, 0.2) is 24.3 Å². The molecule has 0 spiro atoms. The smallest absolute Gasteiger partial charge is 0.0322 e. The molecule has 1 aliphatic carbocycles. The lowest BCUT2D eigenvalue weighted by atomic mass is 9.79. The molecule has 1 N–H and O–H groups in total. The van der Waals surface area contributed by atoms with E-state index < -0.39 is 0 Å². The Balaban J connectivity index is 1.95. The molecule has 1 heteroatoms. The van der Waals surface area contributed by atoms with E-state index in [9.17, 15) is 0 Å². The normalized spacial score (nSPS) is 17.2. The Morgan fingerprint density at radius 1 is 1.16 bits per heavy atom. The van der Waals surface area contributed by atoms with Crippen LogP contribution < -0.4 is 5.32 Å². The van der Waals surface area contributed by atoms with Crippen LogP contribution in [0.25, 0.3) is 0 Å². The van der Waals surface area contributed by atoms with Crippen LogP contribution >= 0.6 is 0 Å². The molecule has 0 aromatic heterocycles. The highest BCUT2D eigenvalue weighted by atomic mass is 14.9. The second-order valence-electron chi connectivity index (χ2n) is 5.99. The predicted octanol–water partition coefficient (Wildman–Crippen LogP) is 4.87. The van der Waals surface area contributed by atoms with Gasteiger partial charge in [0.2, 0.25) is 0 Å². The van der Waals surface area contributed by atoms with E-state index in [1.165, 1.54) is 56.1 Å². The van der Waals surface area contributed by atoms with Crippen molar-refractivity contribution in [1.29, 1.82) is 0 Å². The van der Waals surface area contributed by atoms with Gasteiger partial charge in [-0.05, 0) is 42.9 Å². The molecular weight excluding hydrogens is 230 g/mol. The molecule has 0 amide bonds. The first-order valence-corrected chi connectivity index (χ1v) is 8.15. The Kier molecular flexibility index (Phi) is 5.91. The Bertz CT molecular complexity index is 350. The molecule has 1 nitrogen and oxygen atoms in total. The van der Waals surface area contributed by atoms with Crippen molar-refractivity contribution in [3.8, 4) is 0 Å². The standard InChI is InChI=1S/C18H29N/c1-3-5-7-15-10-12-17(13-11-15)18(19-4-2)14-16-8-6-9-16/h10-13,16,18-19H,3-9,14H2,1-2H3. The minimum atomic E-state index is 0.565. The van der Waals surface area contributed by atoms with Crippen molar-refractivity contribution < 1.29 is 0 Å². The molecule has 1 atom stereocenters. The van der Waals surface area contributed by atoms with Crippen molar-refractivity contribution in [3.63, 3.8) is 0 Å². The summed E-state index contributed by atoms with van der Waals surface area (Å²) in [6.07, 6.45) is 9.46. The summed E-state index contributed by atoms with van der Waals surface area (Å²) in [5.41, 5.74) is 2.97. The van der Waals surface area contributed by atoms with E-state index in [1.807, 2.05) is 0 Å². The number of nitrogens with one attached hydrogen (secondary N) is 1. The predicted molar refractivity (Wildman–Crippen MR) is 83.4 cm³/mol. The van der Waals surface area contributed by atoms with E-state index in [-0.39, 0.29) is 0 Å². The van der Waals surface area contributed by atoms with Gasteiger partial charge in [0.25, 0.3) is 0 Å². The van der Waals surface area contributed by atoms with Gasteiger partial charge in [-0.15, -0.1) is 0 Å². The van der Waals surface area contributed by atoms with Crippen molar-refractivity contribution in [2.75, 3.05) is 6.54 Å². The van der Waals surface area contributed by atoms with Crippen molar-refractivity contribution in [2.24, 2.45) is 5.92 Å². The zero-order valence-electron chi connectivity index (χ0n) is 12.6. The van der Waals surface area contributed by atoms with Crippen LogP contribution in [0, 0.1) is 5.92 Å². The Morgan fingerprint density at radius 3 is 2.42 bits per heavy atom. The summed E-state index contributed by atoms with van der Waals surface area (Å²) in [5, 5.41) is 3.66. The Morgan fingerprint density at radius 2 is 1.89 bits per heavy atom. The molecule has 1 saturated carbocycles. The topological polar surface area (TPSA) is 12.0 Å². The fourth-order valence-electron chi connectivity index (χ4n) is 2.94. The summed E-state index contributed by atoms with van der Waals surface area (Å²) >= 11 is 0. The van der Waals surface area contributed by atoms with Crippen LogP contribution in [0.1, 0.15) is 69.5 Å². The first kappa shape index (κ1) is 14.6. The molecule has 1 unspecified atom stereocenters. The molecule has 0 bridgehead atoms.